The predicted molar refractivity (Wildman–Crippen MR) is 106 cm³/mol. The average Bonchev–Trinajstić information content (AvgIpc) is 2.91. The fourth-order valence-electron chi connectivity index (χ4n) is 3.43. The van der Waals surface area contributed by atoms with E-state index < -0.39 is 11.9 Å². The van der Waals surface area contributed by atoms with E-state index in [1.807, 2.05) is 45.0 Å². The molecule has 0 aliphatic rings. The largest absolute Gasteiger partial charge is 0.481 e. The van der Waals surface area contributed by atoms with Crippen LogP contribution in [-0.2, 0) is 18.3 Å². The van der Waals surface area contributed by atoms with Crippen molar-refractivity contribution < 1.29 is 14.7 Å². The Balaban J connectivity index is 1.80. The monoisotopic (exact) mass is 380 g/mol. The normalized spacial score (nSPS) is 12.1. The van der Waals surface area contributed by atoms with Crippen LogP contribution in [0.4, 0.5) is 0 Å². The van der Waals surface area contributed by atoms with E-state index in [0.717, 1.165) is 11.1 Å². The number of aliphatic carboxylic acids is 1. The number of hydrogen-bond donors (Lipinski definition) is 2. The van der Waals surface area contributed by atoms with Gasteiger partial charge in [0.25, 0.3) is 5.91 Å². The van der Waals surface area contributed by atoms with Gasteiger partial charge in [0.15, 0.2) is 5.65 Å². The van der Waals surface area contributed by atoms with Crippen molar-refractivity contribution in [1.82, 2.24) is 20.1 Å². The number of rotatable bonds is 6. The van der Waals surface area contributed by atoms with Crippen LogP contribution >= 0.6 is 0 Å². The molecule has 3 aromatic rings. The molecule has 2 aromatic heterocycles. The van der Waals surface area contributed by atoms with E-state index in [9.17, 15) is 14.7 Å². The van der Waals surface area contributed by atoms with E-state index in [4.69, 9.17) is 0 Å². The number of aryl methyl sites for hydroxylation is 4. The van der Waals surface area contributed by atoms with E-state index in [1.165, 1.54) is 0 Å². The molecule has 1 aromatic carbocycles. The standard InChI is InChI=1S/C21H24N4O3/c1-12-6-5-7-15(8-12)10-16(21(27)28)11-22-20(26)17-9-13(2)23-19-18(17)14(3)24-25(19)4/h5-9,16H,10-11H2,1-4H3,(H,22,26)(H,27,28). The number of fused-ring (bicyclic) bond motifs is 1. The molecule has 146 valence electrons. The summed E-state index contributed by atoms with van der Waals surface area (Å²) in [5.74, 6) is -1.96. The highest BCUT2D eigenvalue weighted by Crippen LogP contribution is 2.21. The summed E-state index contributed by atoms with van der Waals surface area (Å²) in [6.07, 6.45) is 0.355. The van der Waals surface area contributed by atoms with Crippen LogP contribution in [0.5, 0.6) is 0 Å². The second-order valence-corrected chi connectivity index (χ2v) is 7.16. The Morgan fingerprint density at radius 3 is 2.64 bits per heavy atom. The fraction of sp³-hybridized carbons (Fsp3) is 0.333. The van der Waals surface area contributed by atoms with E-state index in [2.05, 4.69) is 15.4 Å². The number of nitrogens with one attached hydrogen (secondary N) is 1. The Morgan fingerprint density at radius 1 is 1.21 bits per heavy atom. The van der Waals surface area contributed by atoms with Gasteiger partial charge in [-0.1, -0.05) is 29.8 Å². The van der Waals surface area contributed by atoms with E-state index >= 15 is 0 Å². The summed E-state index contributed by atoms with van der Waals surface area (Å²) in [4.78, 5) is 29.0. The summed E-state index contributed by atoms with van der Waals surface area (Å²) in [5, 5.41) is 17.4. The molecule has 28 heavy (non-hydrogen) atoms. The Labute approximate surface area is 163 Å². The SMILES string of the molecule is Cc1cccc(CC(CNC(=O)c2cc(C)nc3c2c(C)nn3C)C(=O)O)c1. The van der Waals surface area contributed by atoms with Crippen LogP contribution in [0.2, 0.25) is 0 Å². The first kappa shape index (κ1) is 19.5. The molecule has 7 nitrogen and oxygen atoms in total. The Kier molecular flexibility index (Phi) is 5.44. The number of aromatic nitrogens is 3. The quantitative estimate of drug-likeness (QED) is 0.685. The molecule has 0 saturated carbocycles. The molecule has 1 atom stereocenters. The molecule has 0 aliphatic carbocycles. The number of carboxylic acids is 1. The first-order valence-electron chi connectivity index (χ1n) is 9.13. The van der Waals surface area contributed by atoms with Gasteiger partial charge in [-0.05, 0) is 38.8 Å². The molecule has 2 heterocycles. The third kappa shape index (κ3) is 4.03. The maximum atomic E-state index is 12.8. The van der Waals surface area contributed by atoms with Gasteiger partial charge in [0.2, 0.25) is 0 Å². The minimum Gasteiger partial charge on any atom is -0.481 e. The lowest BCUT2D eigenvalue weighted by Gasteiger charge is -2.14. The molecule has 1 amide bonds. The van der Waals surface area contributed by atoms with E-state index in [0.29, 0.717) is 34.4 Å². The predicted octanol–water partition coefficient (Wildman–Crippen LogP) is 2.57. The molecule has 0 radical (unpaired) electrons. The third-order valence-electron chi connectivity index (χ3n) is 4.76. The highest BCUT2D eigenvalue weighted by Gasteiger charge is 2.22. The number of carboxylic acid groups (broad SMARTS) is 1. The maximum Gasteiger partial charge on any atom is 0.308 e. The summed E-state index contributed by atoms with van der Waals surface area (Å²) >= 11 is 0. The number of nitrogens with zero attached hydrogens (tertiary/aromatic N) is 3. The highest BCUT2D eigenvalue weighted by molar-refractivity contribution is 6.06. The van der Waals surface area contributed by atoms with Crippen molar-refractivity contribution in [2.24, 2.45) is 13.0 Å². The topological polar surface area (TPSA) is 97.1 Å². The van der Waals surface area contributed by atoms with Crippen molar-refractivity contribution in [2.45, 2.75) is 27.2 Å². The van der Waals surface area contributed by atoms with Crippen LogP contribution < -0.4 is 5.32 Å². The fourth-order valence-corrected chi connectivity index (χ4v) is 3.43. The lowest BCUT2D eigenvalue weighted by molar-refractivity contribution is -0.141. The Bertz CT molecular complexity index is 1060. The summed E-state index contributed by atoms with van der Waals surface area (Å²) in [5.41, 5.74) is 4.53. The van der Waals surface area contributed by atoms with Gasteiger partial charge < -0.3 is 10.4 Å². The molecule has 3 rings (SSSR count). The van der Waals surface area contributed by atoms with Crippen LogP contribution in [-0.4, -0.2) is 38.3 Å². The van der Waals surface area contributed by atoms with Gasteiger partial charge in [0.1, 0.15) is 0 Å². The van der Waals surface area contributed by atoms with Gasteiger partial charge in [-0.3, -0.25) is 14.3 Å². The number of carbonyl (C=O) groups excluding carboxylic acids is 1. The Morgan fingerprint density at radius 2 is 1.96 bits per heavy atom. The van der Waals surface area contributed by atoms with Crippen LogP contribution in [0.25, 0.3) is 11.0 Å². The Hall–Kier alpha value is -3.22. The third-order valence-corrected chi connectivity index (χ3v) is 4.76. The van der Waals surface area contributed by atoms with Crippen molar-refractivity contribution in [3.8, 4) is 0 Å². The number of carbonyl (C=O) groups is 2. The first-order chi connectivity index (χ1) is 13.3. The second-order valence-electron chi connectivity index (χ2n) is 7.16. The summed E-state index contributed by atoms with van der Waals surface area (Å²) in [6, 6.07) is 9.45. The average molecular weight is 380 g/mol. The lowest BCUT2D eigenvalue weighted by Crippen LogP contribution is -2.34. The van der Waals surface area contributed by atoms with Crippen LogP contribution in [0.1, 0.15) is 32.9 Å². The van der Waals surface area contributed by atoms with Gasteiger partial charge in [0, 0.05) is 19.3 Å². The molecule has 0 fully saturated rings. The van der Waals surface area contributed by atoms with Crippen molar-refractivity contribution in [2.75, 3.05) is 6.54 Å². The summed E-state index contributed by atoms with van der Waals surface area (Å²) in [6.45, 7) is 5.66. The van der Waals surface area contributed by atoms with E-state index in [-0.39, 0.29) is 12.5 Å². The van der Waals surface area contributed by atoms with Crippen molar-refractivity contribution in [1.29, 1.82) is 0 Å². The zero-order chi connectivity index (χ0) is 20.4. The highest BCUT2D eigenvalue weighted by atomic mass is 16.4. The molecule has 0 aliphatic heterocycles. The first-order valence-corrected chi connectivity index (χ1v) is 9.13. The maximum absolute atomic E-state index is 12.8. The molecule has 2 N–H and O–H groups in total. The van der Waals surface area contributed by atoms with Gasteiger partial charge in [-0.2, -0.15) is 5.10 Å². The van der Waals surface area contributed by atoms with Gasteiger partial charge in [0.05, 0.1) is 22.6 Å². The number of hydrogen-bond acceptors (Lipinski definition) is 4. The second kappa shape index (κ2) is 7.80. The molecule has 0 saturated heterocycles. The minimum atomic E-state index is -0.935. The molecule has 7 heteroatoms. The number of pyridine rings is 1. The summed E-state index contributed by atoms with van der Waals surface area (Å²) < 4.78 is 1.65. The minimum absolute atomic E-state index is 0.0459. The molecule has 0 spiro atoms. The number of benzene rings is 1. The van der Waals surface area contributed by atoms with Crippen molar-refractivity contribution in [3.63, 3.8) is 0 Å². The van der Waals surface area contributed by atoms with Crippen LogP contribution in [0.3, 0.4) is 0 Å². The van der Waals surface area contributed by atoms with Crippen LogP contribution in [0, 0.1) is 26.7 Å². The van der Waals surface area contributed by atoms with Gasteiger partial charge in [-0.15, -0.1) is 0 Å². The smallest absolute Gasteiger partial charge is 0.308 e. The summed E-state index contributed by atoms with van der Waals surface area (Å²) in [7, 11) is 1.78. The zero-order valence-electron chi connectivity index (χ0n) is 16.5. The van der Waals surface area contributed by atoms with Crippen LogP contribution in [0.15, 0.2) is 30.3 Å². The van der Waals surface area contributed by atoms with Crippen molar-refractivity contribution in [3.05, 3.63) is 58.4 Å². The molecule has 1 unspecified atom stereocenters. The van der Waals surface area contributed by atoms with E-state index in [1.54, 1.807) is 17.8 Å². The lowest BCUT2D eigenvalue weighted by atomic mass is 9.98. The van der Waals surface area contributed by atoms with Crippen molar-refractivity contribution >= 4 is 22.9 Å². The molecular weight excluding hydrogens is 356 g/mol. The van der Waals surface area contributed by atoms with Gasteiger partial charge in [-0.25, -0.2) is 4.98 Å². The molecular formula is C21H24N4O3. The zero-order valence-corrected chi connectivity index (χ0v) is 16.5. The molecule has 0 bridgehead atoms. The number of amides is 1. The van der Waals surface area contributed by atoms with Gasteiger partial charge >= 0.3 is 5.97 Å².